The monoisotopic (exact) mass is 279 g/mol. The van der Waals surface area contributed by atoms with Gasteiger partial charge in [-0.05, 0) is 31.5 Å². The van der Waals surface area contributed by atoms with Gasteiger partial charge in [-0.2, -0.15) is 9.97 Å². The van der Waals surface area contributed by atoms with Gasteiger partial charge < -0.3 is 11.1 Å². The molecule has 0 saturated carbocycles. The van der Waals surface area contributed by atoms with Crippen molar-refractivity contribution in [3.63, 3.8) is 0 Å². The lowest BCUT2D eigenvalue weighted by molar-refractivity contribution is 1.14. The predicted octanol–water partition coefficient (Wildman–Crippen LogP) is 3.01. The van der Waals surface area contributed by atoms with Crippen molar-refractivity contribution in [2.45, 2.75) is 13.8 Å². The molecule has 0 aliphatic heterocycles. The van der Waals surface area contributed by atoms with Gasteiger partial charge in [0.15, 0.2) is 5.65 Å². The van der Waals surface area contributed by atoms with Crippen LogP contribution in [-0.4, -0.2) is 21.5 Å². The number of nitrogen functional groups attached to an aromatic ring is 1. The highest BCUT2D eigenvalue weighted by atomic mass is 15.1. The van der Waals surface area contributed by atoms with Crippen molar-refractivity contribution in [2.75, 3.05) is 17.6 Å². The average Bonchev–Trinajstić information content (AvgIpc) is 2.47. The lowest BCUT2D eigenvalue weighted by atomic mass is 10.1. The fourth-order valence-electron chi connectivity index (χ4n) is 2.34. The first-order chi connectivity index (χ1) is 10.2. The van der Waals surface area contributed by atoms with E-state index in [1.807, 2.05) is 31.2 Å². The number of pyridine rings is 1. The zero-order valence-electron chi connectivity index (χ0n) is 12.1. The Labute approximate surface area is 123 Å². The van der Waals surface area contributed by atoms with E-state index in [2.05, 4.69) is 39.3 Å². The van der Waals surface area contributed by atoms with Crippen LogP contribution in [0.5, 0.6) is 0 Å². The fourth-order valence-corrected chi connectivity index (χ4v) is 2.34. The number of aryl methyl sites for hydroxylation is 1. The van der Waals surface area contributed by atoms with Crippen LogP contribution in [0.15, 0.2) is 36.4 Å². The van der Waals surface area contributed by atoms with Crippen LogP contribution >= 0.6 is 0 Å². The number of nitrogens with zero attached hydrogens (tertiary/aromatic N) is 3. The Bertz CT molecular complexity index is 798. The lowest BCUT2D eigenvalue weighted by Crippen LogP contribution is -2.05. The molecule has 0 fully saturated rings. The smallest absolute Gasteiger partial charge is 0.224 e. The topological polar surface area (TPSA) is 76.7 Å². The van der Waals surface area contributed by atoms with Crippen LogP contribution in [0.4, 0.5) is 11.8 Å². The molecule has 2 heterocycles. The van der Waals surface area contributed by atoms with E-state index in [-0.39, 0.29) is 5.95 Å². The second-order valence-corrected chi connectivity index (χ2v) is 4.84. The molecule has 3 rings (SSSR count). The summed E-state index contributed by atoms with van der Waals surface area (Å²) in [5, 5.41) is 4.07. The van der Waals surface area contributed by atoms with E-state index in [0.29, 0.717) is 5.65 Å². The first-order valence-corrected chi connectivity index (χ1v) is 6.93. The summed E-state index contributed by atoms with van der Waals surface area (Å²) in [6.45, 7) is 4.85. The van der Waals surface area contributed by atoms with Crippen LogP contribution in [0.25, 0.3) is 22.3 Å². The molecule has 0 spiro atoms. The molecule has 1 aromatic carbocycles. The van der Waals surface area contributed by atoms with Crippen molar-refractivity contribution in [3.8, 4) is 11.3 Å². The van der Waals surface area contributed by atoms with Gasteiger partial charge in [-0.25, -0.2) is 4.98 Å². The summed E-state index contributed by atoms with van der Waals surface area (Å²) in [7, 11) is 0. The van der Waals surface area contributed by atoms with Gasteiger partial charge in [0, 0.05) is 12.1 Å². The highest BCUT2D eigenvalue weighted by Crippen LogP contribution is 2.26. The van der Waals surface area contributed by atoms with Gasteiger partial charge in [-0.3, -0.25) is 0 Å². The van der Waals surface area contributed by atoms with Crippen molar-refractivity contribution in [1.82, 2.24) is 15.0 Å². The van der Waals surface area contributed by atoms with Crippen molar-refractivity contribution in [2.24, 2.45) is 0 Å². The predicted molar refractivity (Wildman–Crippen MR) is 86.1 cm³/mol. The minimum absolute atomic E-state index is 0.230. The minimum Gasteiger partial charge on any atom is -0.370 e. The van der Waals surface area contributed by atoms with E-state index in [9.17, 15) is 0 Å². The Hall–Kier alpha value is -2.69. The summed E-state index contributed by atoms with van der Waals surface area (Å²) in [6.07, 6.45) is 0. The molecule has 3 aromatic rings. The van der Waals surface area contributed by atoms with E-state index in [1.54, 1.807) is 0 Å². The maximum Gasteiger partial charge on any atom is 0.224 e. The number of hydrogen-bond acceptors (Lipinski definition) is 5. The molecule has 0 aliphatic rings. The van der Waals surface area contributed by atoms with Crippen LogP contribution in [0.3, 0.4) is 0 Å². The SMILES string of the molecule is CCNc1nc(N)nc2nc(-c3ccccc3C)ccc12. The summed E-state index contributed by atoms with van der Waals surface area (Å²) in [4.78, 5) is 13.1. The molecule has 0 bridgehead atoms. The maximum absolute atomic E-state index is 5.77. The van der Waals surface area contributed by atoms with Gasteiger partial charge in [-0.1, -0.05) is 24.3 Å². The van der Waals surface area contributed by atoms with Crippen LogP contribution in [0, 0.1) is 6.92 Å². The second-order valence-electron chi connectivity index (χ2n) is 4.84. The zero-order valence-corrected chi connectivity index (χ0v) is 12.1. The van der Waals surface area contributed by atoms with E-state index in [1.165, 1.54) is 5.56 Å². The summed E-state index contributed by atoms with van der Waals surface area (Å²) >= 11 is 0. The summed E-state index contributed by atoms with van der Waals surface area (Å²) in [6, 6.07) is 12.1. The van der Waals surface area contributed by atoms with Crippen LogP contribution in [-0.2, 0) is 0 Å². The van der Waals surface area contributed by atoms with Crippen molar-refractivity contribution >= 4 is 22.8 Å². The van der Waals surface area contributed by atoms with Gasteiger partial charge in [-0.15, -0.1) is 0 Å². The molecule has 0 amide bonds. The van der Waals surface area contributed by atoms with Crippen molar-refractivity contribution in [3.05, 3.63) is 42.0 Å². The van der Waals surface area contributed by atoms with Crippen LogP contribution in [0.1, 0.15) is 12.5 Å². The van der Waals surface area contributed by atoms with Gasteiger partial charge >= 0.3 is 0 Å². The number of rotatable bonds is 3. The number of nitrogens with two attached hydrogens (primary N) is 1. The second kappa shape index (κ2) is 5.36. The molecular weight excluding hydrogens is 262 g/mol. The molecule has 106 valence electrons. The number of hydrogen-bond donors (Lipinski definition) is 2. The van der Waals surface area contributed by atoms with Gasteiger partial charge in [0.1, 0.15) is 5.82 Å². The third-order valence-corrected chi connectivity index (χ3v) is 3.34. The van der Waals surface area contributed by atoms with Gasteiger partial charge in [0.25, 0.3) is 0 Å². The number of benzene rings is 1. The Morgan fingerprint density at radius 3 is 2.62 bits per heavy atom. The first-order valence-electron chi connectivity index (χ1n) is 6.93. The molecule has 5 heteroatoms. The van der Waals surface area contributed by atoms with Gasteiger partial charge in [0.2, 0.25) is 5.95 Å². The molecule has 3 N–H and O–H groups in total. The van der Waals surface area contributed by atoms with E-state index >= 15 is 0 Å². The third kappa shape index (κ3) is 2.50. The number of fused-ring (bicyclic) bond motifs is 1. The fraction of sp³-hybridized carbons (Fsp3) is 0.188. The highest BCUT2D eigenvalue weighted by molar-refractivity contribution is 5.89. The number of aromatic nitrogens is 3. The summed E-state index contributed by atoms with van der Waals surface area (Å²) in [5.41, 5.74) is 9.55. The Morgan fingerprint density at radius 1 is 1.05 bits per heavy atom. The van der Waals surface area contributed by atoms with Gasteiger partial charge in [0.05, 0.1) is 11.1 Å². The number of anilines is 2. The molecule has 0 unspecified atom stereocenters. The Balaban J connectivity index is 2.19. The molecular formula is C16H17N5. The molecule has 0 radical (unpaired) electrons. The zero-order chi connectivity index (χ0) is 14.8. The maximum atomic E-state index is 5.77. The molecule has 0 atom stereocenters. The van der Waals surface area contributed by atoms with Crippen molar-refractivity contribution in [1.29, 1.82) is 0 Å². The molecule has 0 aliphatic carbocycles. The molecule has 0 saturated heterocycles. The standard InChI is InChI=1S/C16H17N5/c1-3-18-14-12-8-9-13(11-7-5-4-6-10(11)2)19-15(12)21-16(17)20-14/h4-9H,3H2,1-2H3,(H3,17,18,19,20,21). The lowest BCUT2D eigenvalue weighted by Gasteiger charge is -2.09. The number of nitrogens with one attached hydrogen (secondary N) is 1. The highest BCUT2D eigenvalue weighted by Gasteiger charge is 2.09. The van der Waals surface area contributed by atoms with E-state index in [0.717, 1.165) is 29.0 Å². The molecule has 2 aromatic heterocycles. The van der Waals surface area contributed by atoms with E-state index < -0.39 is 0 Å². The Kier molecular flexibility index (Phi) is 3.39. The molecule has 21 heavy (non-hydrogen) atoms. The Morgan fingerprint density at radius 2 is 1.86 bits per heavy atom. The summed E-state index contributed by atoms with van der Waals surface area (Å²) < 4.78 is 0. The largest absolute Gasteiger partial charge is 0.370 e. The van der Waals surface area contributed by atoms with Crippen LogP contribution < -0.4 is 11.1 Å². The normalized spacial score (nSPS) is 10.8. The molecule has 5 nitrogen and oxygen atoms in total. The van der Waals surface area contributed by atoms with E-state index in [4.69, 9.17) is 5.73 Å². The summed E-state index contributed by atoms with van der Waals surface area (Å²) in [5.74, 6) is 0.955. The minimum atomic E-state index is 0.230. The first kappa shape index (κ1) is 13.3. The quantitative estimate of drug-likeness (QED) is 0.770. The van der Waals surface area contributed by atoms with Crippen molar-refractivity contribution < 1.29 is 0 Å². The third-order valence-electron chi connectivity index (χ3n) is 3.34. The van der Waals surface area contributed by atoms with Crippen LogP contribution in [0.2, 0.25) is 0 Å². The average molecular weight is 279 g/mol.